The molecule has 0 unspecified atom stereocenters. The average Bonchev–Trinajstić information content (AvgIpc) is 3.04. The van der Waals surface area contributed by atoms with E-state index in [1.807, 2.05) is 6.07 Å². The minimum absolute atomic E-state index is 0.160. The van der Waals surface area contributed by atoms with Gasteiger partial charge in [0.15, 0.2) is 0 Å². The molecule has 0 saturated heterocycles. The molecule has 7 nitrogen and oxygen atoms in total. The van der Waals surface area contributed by atoms with Crippen LogP contribution in [0.15, 0.2) is 29.3 Å². The van der Waals surface area contributed by atoms with Crippen molar-refractivity contribution in [1.82, 2.24) is 24.8 Å². The van der Waals surface area contributed by atoms with Crippen molar-refractivity contribution in [2.45, 2.75) is 12.8 Å². The van der Waals surface area contributed by atoms with Crippen molar-refractivity contribution in [3.63, 3.8) is 0 Å². The number of H-pyrrole nitrogens is 1. The van der Waals surface area contributed by atoms with Crippen molar-refractivity contribution in [2.24, 2.45) is 0 Å². The normalized spacial score (nSPS) is 10.9. The van der Waals surface area contributed by atoms with E-state index < -0.39 is 0 Å². The Hall–Kier alpha value is -2.22. The van der Waals surface area contributed by atoms with E-state index in [1.165, 1.54) is 28.1 Å². The zero-order valence-corrected chi connectivity index (χ0v) is 10.9. The summed E-state index contributed by atoms with van der Waals surface area (Å²) < 4.78 is 1.31. The Kier molecular flexibility index (Phi) is 3.23. The van der Waals surface area contributed by atoms with Crippen LogP contribution >= 0.6 is 11.3 Å². The summed E-state index contributed by atoms with van der Waals surface area (Å²) in [7, 11) is 0. The molecule has 8 heteroatoms. The van der Waals surface area contributed by atoms with Crippen LogP contribution < -0.4 is 10.9 Å². The number of anilines is 1. The minimum Gasteiger partial charge on any atom is -0.360 e. The summed E-state index contributed by atoms with van der Waals surface area (Å²) >= 11 is 1.37. The van der Waals surface area contributed by atoms with Crippen molar-refractivity contribution in [3.05, 3.63) is 40.6 Å². The molecule has 19 heavy (non-hydrogen) atoms. The van der Waals surface area contributed by atoms with Crippen LogP contribution in [0.3, 0.4) is 0 Å². The Morgan fingerprint density at radius 2 is 2.32 bits per heavy atom. The van der Waals surface area contributed by atoms with Crippen LogP contribution in [0.5, 0.6) is 0 Å². The van der Waals surface area contributed by atoms with E-state index in [0.717, 1.165) is 25.1 Å². The lowest BCUT2D eigenvalue weighted by molar-refractivity contribution is 0.819. The number of aromatic amines is 1. The number of fused-ring (bicyclic) bond motifs is 1. The van der Waals surface area contributed by atoms with Gasteiger partial charge in [0.05, 0.1) is 0 Å². The van der Waals surface area contributed by atoms with Gasteiger partial charge in [-0.05, 0) is 18.9 Å². The minimum atomic E-state index is -0.160. The standard InChI is InChI=1S/C11H12N6OS/c18-9-4-6-13-11-17(9)16-10(19-11)12-5-1-2-8-3-7-14-15-8/h3-4,6-7H,1-2,5H2,(H,12,16)(H,14,15). The third kappa shape index (κ3) is 2.63. The summed E-state index contributed by atoms with van der Waals surface area (Å²) in [6, 6.07) is 3.36. The van der Waals surface area contributed by atoms with Gasteiger partial charge in [-0.3, -0.25) is 9.89 Å². The highest BCUT2D eigenvalue weighted by atomic mass is 32.1. The summed E-state index contributed by atoms with van der Waals surface area (Å²) in [5, 5.41) is 14.9. The van der Waals surface area contributed by atoms with E-state index in [9.17, 15) is 4.79 Å². The Balaban J connectivity index is 1.59. The molecule has 3 rings (SSSR count). The molecule has 0 radical (unpaired) electrons. The molecule has 0 aliphatic heterocycles. The fourth-order valence-corrected chi connectivity index (χ4v) is 2.51. The fraction of sp³-hybridized carbons (Fsp3) is 0.273. The first kappa shape index (κ1) is 11.8. The highest BCUT2D eigenvalue weighted by Crippen LogP contribution is 2.15. The Labute approximate surface area is 112 Å². The lowest BCUT2D eigenvalue weighted by Crippen LogP contribution is -2.13. The topological polar surface area (TPSA) is 88.0 Å². The van der Waals surface area contributed by atoms with Crippen molar-refractivity contribution < 1.29 is 0 Å². The Morgan fingerprint density at radius 1 is 1.37 bits per heavy atom. The zero-order valence-electron chi connectivity index (χ0n) is 10.0. The summed E-state index contributed by atoms with van der Waals surface area (Å²) in [5.74, 6) is 0. The lowest BCUT2D eigenvalue weighted by atomic mass is 10.2. The molecule has 3 aromatic rings. The van der Waals surface area contributed by atoms with Crippen LogP contribution in [0, 0.1) is 0 Å². The molecular formula is C11H12N6OS. The average molecular weight is 276 g/mol. The van der Waals surface area contributed by atoms with E-state index >= 15 is 0 Å². The number of hydrogen-bond acceptors (Lipinski definition) is 6. The van der Waals surface area contributed by atoms with E-state index in [0.29, 0.717) is 10.1 Å². The predicted octanol–water partition coefficient (Wildman–Crippen LogP) is 0.919. The molecule has 0 aliphatic rings. The second-order valence-corrected chi connectivity index (χ2v) is 4.95. The predicted molar refractivity (Wildman–Crippen MR) is 72.5 cm³/mol. The summed E-state index contributed by atoms with van der Waals surface area (Å²) in [6.45, 7) is 0.785. The molecule has 3 aromatic heterocycles. The number of hydrogen-bond donors (Lipinski definition) is 2. The zero-order chi connectivity index (χ0) is 13.1. The van der Waals surface area contributed by atoms with Gasteiger partial charge in [0.25, 0.3) is 5.56 Å². The third-order valence-electron chi connectivity index (χ3n) is 2.63. The molecule has 0 saturated carbocycles. The lowest BCUT2D eigenvalue weighted by Gasteiger charge is -2.00. The van der Waals surface area contributed by atoms with Crippen molar-refractivity contribution in [2.75, 3.05) is 11.9 Å². The monoisotopic (exact) mass is 276 g/mol. The SMILES string of the molecule is O=c1ccnc2sc(NCCCc3ccn[nH]3)nn12. The van der Waals surface area contributed by atoms with E-state index in [2.05, 4.69) is 25.6 Å². The van der Waals surface area contributed by atoms with Gasteiger partial charge in [-0.15, -0.1) is 5.10 Å². The first-order valence-electron chi connectivity index (χ1n) is 5.90. The molecule has 2 N–H and O–H groups in total. The first-order valence-corrected chi connectivity index (χ1v) is 6.71. The number of aromatic nitrogens is 5. The highest BCUT2D eigenvalue weighted by molar-refractivity contribution is 7.20. The van der Waals surface area contributed by atoms with Crippen LogP contribution in [0.4, 0.5) is 5.13 Å². The quantitative estimate of drug-likeness (QED) is 0.676. The number of nitrogens with zero attached hydrogens (tertiary/aromatic N) is 4. The first-order chi connectivity index (χ1) is 9.33. The van der Waals surface area contributed by atoms with E-state index in [1.54, 1.807) is 6.20 Å². The van der Waals surface area contributed by atoms with Crippen LogP contribution in [-0.4, -0.2) is 31.3 Å². The molecular weight excluding hydrogens is 264 g/mol. The smallest absolute Gasteiger partial charge is 0.275 e. The number of nitrogens with one attached hydrogen (secondary N) is 2. The van der Waals surface area contributed by atoms with Gasteiger partial charge in [0.2, 0.25) is 10.1 Å². The van der Waals surface area contributed by atoms with Gasteiger partial charge >= 0.3 is 0 Å². The second kappa shape index (κ2) is 5.19. The maximum atomic E-state index is 11.5. The van der Waals surface area contributed by atoms with Crippen LogP contribution in [0.25, 0.3) is 4.96 Å². The third-order valence-corrected chi connectivity index (χ3v) is 3.51. The maximum absolute atomic E-state index is 11.5. The molecule has 98 valence electrons. The van der Waals surface area contributed by atoms with Gasteiger partial charge in [0.1, 0.15) is 0 Å². The van der Waals surface area contributed by atoms with Gasteiger partial charge in [-0.25, -0.2) is 4.98 Å². The van der Waals surface area contributed by atoms with E-state index in [4.69, 9.17) is 0 Å². The largest absolute Gasteiger partial charge is 0.360 e. The van der Waals surface area contributed by atoms with Crippen molar-refractivity contribution in [3.8, 4) is 0 Å². The van der Waals surface area contributed by atoms with Gasteiger partial charge < -0.3 is 5.32 Å². The van der Waals surface area contributed by atoms with E-state index in [-0.39, 0.29) is 5.56 Å². The van der Waals surface area contributed by atoms with Gasteiger partial charge in [0, 0.05) is 30.7 Å². The van der Waals surface area contributed by atoms with Crippen LogP contribution in [0.1, 0.15) is 12.1 Å². The Bertz CT molecular complexity index is 716. The number of aryl methyl sites for hydroxylation is 1. The molecule has 0 aliphatic carbocycles. The molecule has 0 atom stereocenters. The number of rotatable bonds is 5. The molecule has 0 bridgehead atoms. The van der Waals surface area contributed by atoms with Gasteiger partial charge in [-0.1, -0.05) is 11.3 Å². The molecule has 0 spiro atoms. The fourth-order valence-electron chi connectivity index (χ4n) is 1.71. The molecule has 0 amide bonds. The summed E-state index contributed by atoms with van der Waals surface area (Å²) in [5.41, 5.74) is 0.954. The van der Waals surface area contributed by atoms with Crippen LogP contribution in [-0.2, 0) is 6.42 Å². The maximum Gasteiger partial charge on any atom is 0.275 e. The van der Waals surface area contributed by atoms with Gasteiger partial charge in [-0.2, -0.15) is 9.61 Å². The summed E-state index contributed by atoms with van der Waals surface area (Å²) in [4.78, 5) is 16.2. The van der Waals surface area contributed by atoms with Crippen molar-refractivity contribution in [1.29, 1.82) is 0 Å². The molecule has 0 fully saturated rings. The molecule has 3 heterocycles. The second-order valence-electron chi connectivity index (χ2n) is 4.00. The van der Waals surface area contributed by atoms with Crippen LogP contribution in [0.2, 0.25) is 0 Å². The highest BCUT2D eigenvalue weighted by Gasteiger charge is 2.05. The molecule has 0 aromatic carbocycles. The summed E-state index contributed by atoms with van der Waals surface area (Å²) in [6.07, 6.45) is 5.13. The van der Waals surface area contributed by atoms with Crippen molar-refractivity contribution >= 4 is 21.4 Å². The Morgan fingerprint density at radius 3 is 3.11 bits per heavy atom.